The Morgan fingerprint density at radius 3 is 2.73 bits per heavy atom. The number of likely N-dealkylation sites (tertiary alicyclic amines) is 1. The minimum Gasteiger partial charge on any atom is -0.307 e. The van der Waals surface area contributed by atoms with E-state index in [0.29, 0.717) is 5.95 Å². The summed E-state index contributed by atoms with van der Waals surface area (Å²) in [7, 11) is 0. The van der Waals surface area contributed by atoms with Crippen molar-refractivity contribution < 1.29 is 0 Å². The van der Waals surface area contributed by atoms with E-state index >= 15 is 0 Å². The molecule has 26 heavy (non-hydrogen) atoms. The highest BCUT2D eigenvalue weighted by Gasteiger charge is 2.30. The molecule has 1 aliphatic heterocycles. The van der Waals surface area contributed by atoms with E-state index in [1.54, 1.807) is 18.6 Å². The lowest BCUT2D eigenvalue weighted by molar-refractivity contribution is 0.241. The Hall–Kier alpha value is -2.87. The van der Waals surface area contributed by atoms with Crippen molar-refractivity contribution in [3.63, 3.8) is 0 Å². The van der Waals surface area contributed by atoms with Gasteiger partial charge in [-0.15, -0.1) is 0 Å². The average molecular weight is 350 g/mol. The van der Waals surface area contributed by atoms with E-state index in [2.05, 4.69) is 40.3 Å². The number of aromatic amines is 1. The zero-order chi connectivity index (χ0) is 17.9. The number of anilines is 2. The number of hydrogen-bond donors (Lipinski definition) is 2. The molecule has 0 amide bonds. The fraction of sp³-hybridized carbons (Fsp3) is 0.389. The molecular formula is C18H22N8. The first kappa shape index (κ1) is 16.6. The van der Waals surface area contributed by atoms with Crippen molar-refractivity contribution in [2.75, 3.05) is 11.9 Å². The number of rotatable bonds is 5. The Morgan fingerprint density at radius 2 is 1.96 bits per heavy atom. The third-order valence-electron chi connectivity index (χ3n) is 4.55. The predicted octanol–water partition coefficient (Wildman–Crippen LogP) is 2.69. The predicted molar refractivity (Wildman–Crippen MR) is 97.8 cm³/mol. The molecule has 0 spiro atoms. The van der Waals surface area contributed by atoms with E-state index in [1.165, 1.54) is 0 Å². The first-order chi connectivity index (χ1) is 12.7. The molecule has 1 aliphatic rings. The van der Waals surface area contributed by atoms with Crippen LogP contribution < -0.4 is 5.32 Å². The van der Waals surface area contributed by atoms with Gasteiger partial charge in [-0.2, -0.15) is 5.10 Å². The van der Waals surface area contributed by atoms with Crippen molar-refractivity contribution in [1.82, 2.24) is 35.0 Å². The summed E-state index contributed by atoms with van der Waals surface area (Å²) in [5.74, 6) is 1.28. The molecule has 2 N–H and O–H groups in total. The zero-order valence-electron chi connectivity index (χ0n) is 15.0. The maximum atomic E-state index is 4.63. The Morgan fingerprint density at radius 1 is 1.15 bits per heavy atom. The van der Waals surface area contributed by atoms with Crippen LogP contribution in [-0.2, 0) is 6.54 Å². The van der Waals surface area contributed by atoms with Gasteiger partial charge in [-0.3, -0.25) is 15.0 Å². The molecule has 0 unspecified atom stereocenters. The Bertz CT molecular complexity index is 856. The van der Waals surface area contributed by atoms with Crippen molar-refractivity contribution in [3.05, 3.63) is 53.5 Å². The molecule has 3 aromatic heterocycles. The normalized spacial score (nSPS) is 17.5. The SMILES string of the molecule is Cc1cc(C)nc(Nc2nccnc2[C@@H]2CCCN2Cc2ccn[nH]2)n1. The van der Waals surface area contributed by atoms with Crippen molar-refractivity contribution in [2.24, 2.45) is 0 Å². The van der Waals surface area contributed by atoms with Crippen LogP contribution in [0.4, 0.5) is 11.8 Å². The summed E-state index contributed by atoms with van der Waals surface area (Å²) >= 11 is 0. The van der Waals surface area contributed by atoms with Gasteiger partial charge in [-0.25, -0.2) is 15.0 Å². The second kappa shape index (κ2) is 7.17. The van der Waals surface area contributed by atoms with Crippen LogP contribution in [0.25, 0.3) is 0 Å². The molecule has 0 aliphatic carbocycles. The van der Waals surface area contributed by atoms with E-state index in [9.17, 15) is 0 Å². The van der Waals surface area contributed by atoms with Crippen LogP contribution in [0.5, 0.6) is 0 Å². The lowest BCUT2D eigenvalue weighted by Crippen LogP contribution is -2.24. The first-order valence-corrected chi connectivity index (χ1v) is 8.81. The second-order valence-electron chi connectivity index (χ2n) is 6.60. The Labute approximate surface area is 152 Å². The third kappa shape index (κ3) is 3.55. The topological polar surface area (TPSA) is 95.5 Å². The molecule has 0 aromatic carbocycles. The summed E-state index contributed by atoms with van der Waals surface area (Å²) in [6.07, 6.45) is 7.41. The molecule has 1 saturated heterocycles. The molecule has 4 heterocycles. The maximum absolute atomic E-state index is 4.63. The summed E-state index contributed by atoms with van der Waals surface area (Å²) in [5, 5.41) is 10.4. The summed E-state index contributed by atoms with van der Waals surface area (Å²) in [6.45, 7) is 5.77. The van der Waals surface area contributed by atoms with E-state index in [0.717, 1.165) is 54.5 Å². The fourth-order valence-electron chi connectivity index (χ4n) is 3.49. The Balaban J connectivity index is 1.60. The van der Waals surface area contributed by atoms with Gasteiger partial charge in [0.25, 0.3) is 0 Å². The first-order valence-electron chi connectivity index (χ1n) is 8.81. The molecule has 0 bridgehead atoms. The number of nitrogens with zero attached hydrogens (tertiary/aromatic N) is 6. The smallest absolute Gasteiger partial charge is 0.228 e. The van der Waals surface area contributed by atoms with Gasteiger partial charge < -0.3 is 5.32 Å². The average Bonchev–Trinajstić information content (AvgIpc) is 3.27. The summed E-state index contributed by atoms with van der Waals surface area (Å²) in [5.41, 5.74) is 3.89. The van der Waals surface area contributed by atoms with Gasteiger partial charge in [0.2, 0.25) is 5.95 Å². The molecular weight excluding hydrogens is 328 g/mol. The minimum atomic E-state index is 0.209. The van der Waals surface area contributed by atoms with E-state index in [-0.39, 0.29) is 6.04 Å². The van der Waals surface area contributed by atoms with Crippen LogP contribution >= 0.6 is 0 Å². The van der Waals surface area contributed by atoms with Crippen LogP contribution in [-0.4, -0.2) is 41.6 Å². The van der Waals surface area contributed by atoms with Gasteiger partial charge in [0, 0.05) is 42.2 Å². The largest absolute Gasteiger partial charge is 0.307 e. The van der Waals surface area contributed by atoms with Crippen molar-refractivity contribution in [2.45, 2.75) is 39.3 Å². The molecule has 1 fully saturated rings. The minimum absolute atomic E-state index is 0.209. The van der Waals surface area contributed by atoms with Gasteiger partial charge in [-0.05, 0) is 45.4 Å². The standard InChI is InChI=1S/C18H22N8/c1-12-10-13(2)23-18(22-12)24-17-16(19-7-8-20-17)15-4-3-9-26(15)11-14-5-6-21-25-14/h5-8,10,15H,3-4,9,11H2,1-2H3,(H,21,25)(H,20,22,23,24)/t15-/m0/s1. The molecule has 1 atom stereocenters. The highest BCUT2D eigenvalue weighted by atomic mass is 15.2. The number of aromatic nitrogens is 6. The quantitative estimate of drug-likeness (QED) is 0.730. The number of hydrogen-bond acceptors (Lipinski definition) is 7. The third-order valence-corrected chi connectivity index (χ3v) is 4.55. The van der Waals surface area contributed by atoms with E-state index < -0.39 is 0 Å². The van der Waals surface area contributed by atoms with Crippen molar-refractivity contribution >= 4 is 11.8 Å². The van der Waals surface area contributed by atoms with Crippen LogP contribution in [0.2, 0.25) is 0 Å². The molecule has 0 radical (unpaired) electrons. The van der Waals surface area contributed by atoms with Crippen LogP contribution in [0.15, 0.2) is 30.7 Å². The van der Waals surface area contributed by atoms with Crippen LogP contribution in [0.1, 0.15) is 41.7 Å². The summed E-state index contributed by atoms with van der Waals surface area (Å²) < 4.78 is 0. The second-order valence-corrected chi connectivity index (χ2v) is 6.60. The van der Waals surface area contributed by atoms with Crippen molar-refractivity contribution in [3.8, 4) is 0 Å². The molecule has 3 aromatic rings. The number of nitrogens with one attached hydrogen (secondary N) is 2. The maximum Gasteiger partial charge on any atom is 0.228 e. The van der Waals surface area contributed by atoms with Crippen LogP contribution in [0.3, 0.4) is 0 Å². The summed E-state index contributed by atoms with van der Waals surface area (Å²) in [6, 6.07) is 4.17. The molecule has 8 nitrogen and oxygen atoms in total. The van der Waals surface area contributed by atoms with E-state index in [4.69, 9.17) is 0 Å². The highest BCUT2D eigenvalue weighted by molar-refractivity contribution is 5.52. The molecule has 4 rings (SSSR count). The molecule has 134 valence electrons. The Kier molecular flexibility index (Phi) is 4.57. The zero-order valence-corrected chi connectivity index (χ0v) is 15.0. The van der Waals surface area contributed by atoms with Gasteiger partial charge in [0.15, 0.2) is 5.82 Å². The fourth-order valence-corrected chi connectivity index (χ4v) is 3.49. The van der Waals surface area contributed by atoms with E-state index in [1.807, 2.05) is 26.0 Å². The van der Waals surface area contributed by atoms with Crippen LogP contribution in [0, 0.1) is 13.8 Å². The highest BCUT2D eigenvalue weighted by Crippen LogP contribution is 2.35. The molecule has 0 saturated carbocycles. The van der Waals surface area contributed by atoms with Gasteiger partial charge in [-0.1, -0.05) is 0 Å². The van der Waals surface area contributed by atoms with Gasteiger partial charge in [0.05, 0.1) is 6.04 Å². The lowest BCUT2D eigenvalue weighted by Gasteiger charge is -2.24. The summed E-state index contributed by atoms with van der Waals surface area (Å²) in [4.78, 5) is 20.5. The van der Waals surface area contributed by atoms with Crippen molar-refractivity contribution in [1.29, 1.82) is 0 Å². The number of H-pyrrole nitrogens is 1. The van der Waals surface area contributed by atoms with Gasteiger partial charge >= 0.3 is 0 Å². The monoisotopic (exact) mass is 350 g/mol. The van der Waals surface area contributed by atoms with Gasteiger partial charge in [0.1, 0.15) is 5.69 Å². The molecule has 8 heteroatoms. The lowest BCUT2D eigenvalue weighted by atomic mass is 10.1. The number of aryl methyl sites for hydroxylation is 2.